The summed E-state index contributed by atoms with van der Waals surface area (Å²) in [6, 6.07) is 11.0. The Morgan fingerprint density at radius 2 is 1.72 bits per heavy atom. The van der Waals surface area contributed by atoms with E-state index in [2.05, 4.69) is 15.5 Å². The van der Waals surface area contributed by atoms with Crippen molar-refractivity contribution < 1.29 is 22.4 Å². The van der Waals surface area contributed by atoms with Crippen molar-refractivity contribution in [1.29, 1.82) is 0 Å². The van der Waals surface area contributed by atoms with Gasteiger partial charge >= 0.3 is 12.2 Å². The Morgan fingerprint density at radius 1 is 1.03 bits per heavy atom. The first-order valence-corrected chi connectivity index (χ1v) is 9.47. The van der Waals surface area contributed by atoms with E-state index in [1.165, 1.54) is 18.2 Å². The third-order valence-electron chi connectivity index (χ3n) is 4.95. The molecule has 0 radical (unpaired) electrons. The number of piperidine rings is 1. The lowest BCUT2D eigenvalue weighted by Crippen LogP contribution is -2.47. The summed E-state index contributed by atoms with van der Waals surface area (Å²) in [5, 5.41) is 5.49. The van der Waals surface area contributed by atoms with Crippen LogP contribution in [0, 0.1) is 5.82 Å². The van der Waals surface area contributed by atoms with Crippen LogP contribution in [-0.2, 0) is 19.3 Å². The van der Waals surface area contributed by atoms with Crippen LogP contribution < -0.4 is 10.6 Å². The second-order valence-electron chi connectivity index (χ2n) is 7.20. The van der Waals surface area contributed by atoms with E-state index in [1.807, 2.05) is 0 Å². The maximum absolute atomic E-state index is 13.0. The predicted octanol–water partition coefficient (Wildman–Crippen LogP) is 4.31. The van der Waals surface area contributed by atoms with Crippen LogP contribution in [0.5, 0.6) is 0 Å². The summed E-state index contributed by atoms with van der Waals surface area (Å²) in [7, 11) is 0. The summed E-state index contributed by atoms with van der Waals surface area (Å²) < 4.78 is 51.2. The van der Waals surface area contributed by atoms with Gasteiger partial charge < -0.3 is 10.6 Å². The minimum atomic E-state index is -4.40. The van der Waals surface area contributed by atoms with E-state index in [1.54, 1.807) is 18.2 Å². The van der Waals surface area contributed by atoms with Crippen LogP contribution in [0.1, 0.15) is 29.5 Å². The Kier molecular flexibility index (Phi) is 6.74. The van der Waals surface area contributed by atoms with Gasteiger partial charge in [-0.25, -0.2) is 9.18 Å². The monoisotopic (exact) mass is 409 g/mol. The van der Waals surface area contributed by atoms with Crippen molar-refractivity contribution in [1.82, 2.24) is 15.5 Å². The van der Waals surface area contributed by atoms with E-state index in [0.29, 0.717) is 5.56 Å². The van der Waals surface area contributed by atoms with Gasteiger partial charge in [-0.1, -0.05) is 24.3 Å². The highest BCUT2D eigenvalue weighted by Crippen LogP contribution is 2.29. The molecule has 0 bridgehead atoms. The third-order valence-corrected chi connectivity index (χ3v) is 4.95. The van der Waals surface area contributed by atoms with Crippen molar-refractivity contribution in [3.8, 4) is 0 Å². The summed E-state index contributed by atoms with van der Waals surface area (Å²) >= 11 is 0. The molecule has 1 aliphatic heterocycles. The first-order valence-electron chi connectivity index (χ1n) is 9.47. The number of likely N-dealkylation sites (tertiary alicyclic amines) is 1. The van der Waals surface area contributed by atoms with Crippen LogP contribution >= 0.6 is 0 Å². The van der Waals surface area contributed by atoms with E-state index in [9.17, 15) is 22.4 Å². The van der Waals surface area contributed by atoms with E-state index >= 15 is 0 Å². The van der Waals surface area contributed by atoms with Crippen molar-refractivity contribution >= 4 is 6.03 Å². The van der Waals surface area contributed by atoms with Crippen LogP contribution in [0.15, 0.2) is 48.5 Å². The van der Waals surface area contributed by atoms with Crippen molar-refractivity contribution in [3.63, 3.8) is 0 Å². The van der Waals surface area contributed by atoms with E-state index in [4.69, 9.17) is 0 Å². The Bertz CT molecular complexity index is 815. The molecule has 3 rings (SSSR count). The number of rotatable bonds is 5. The fourth-order valence-corrected chi connectivity index (χ4v) is 3.36. The molecule has 0 unspecified atom stereocenters. The number of halogens is 4. The second kappa shape index (κ2) is 9.26. The molecule has 2 aromatic carbocycles. The lowest BCUT2D eigenvalue weighted by Gasteiger charge is -2.32. The molecule has 0 aliphatic carbocycles. The van der Waals surface area contributed by atoms with Gasteiger partial charge in [0.2, 0.25) is 0 Å². The Morgan fingerprint density at radius 3 is 2.38 bits per heavy atom. The first-order chi connectivity index (χ1) is 13.8. The van der Waals surface area contributed by atoms with Gasteiger partial charge in [0.1, 0.15) is 5.82 Å². The van der Waals surface area contributed by atoms with Crippen molar-refractivity contribution in [3.05, 3.63) is 71.0 Å². The number of urea groups is 1. The smallest absolute Gasteiger partial charge is 0.335 e. The highest BCUT2D eigenvalue weighted by atomic mass is 19.4. The zero-order valence-electron chi connectivity index (χ0n) is 15.8. The quantitative estimate of drug-likeness (QED) is 0.723. The van der Waals surface area contributed by atoms with Crippen LogP contribution in [0.2, 0.25) is 0 Å². The third kappa shape index (κ3) is 6.45. The zero-order chi connectivity index (χ0) is 20.9. The molecule has 1 saturated heterocycles. The topological polar surface area (TPSA) is 44.4 Å². The molecule has 8 heteroatoms. The number of nitrogens with zero attached hydrogens (tertiary/aromatic N) is 1. The van der Waals surface area contributed by atoms with Gasteiger partial charge in [-0.2, -0.15) is 13.2 Å². The zero-order valence-corrected chi connectivity index (χ0v) is 15.8. The largest absolute Gasteiger partial charge is 0.416 e. The fourth-order valence-electron chi connectivity index (χ4n) is 3.36. The molecule has 0 spiro atoms. The molecular formula is C21H23F4N3O. The number of benzene rings is 2. The highest BCUT2D eigenvalue weighted by molar-refractivity contribution is 5.74. The van der Waals surface area contributed by atoms with Gasteiger partial charge in [0, 0.05) is 32.2 Å². The molecule has 1 fully saturated rings. The number of amides is 2. The molecule has 2 aromatic rings. The van der Waals surface area contributed by atoms with E-state index in [0.717, 1.165) is 50.2 Å². The Labute approximate surface area is 166 Å². The normalized spacial score (nSPS) is 15.9. The molecule has 1 aliphatic rings. The van der Waals surface area contributed by atoms with Gasteiger partial charge in [-0.05, 0) is 48.2 Å². The number of carbonyl (C=O) groups excluding carboxylic acids is 1. The minimum Gasteiger partial charge on any atom is -0.335 e. The molecule has 29 heavy (non-hydrogen) atoms. The van der Waals surface area contributed by atoms with Crippen LogP contribution in [0.3, 0.4) is 0 Å². The maximum atomic E-state index is 13.0. The Balaban J connectivity index is 1.40. The first kappa shape index (κ1) is 21.1. The predicted molar refractivity (Wildman–Crippen MR) is 102 cm³/mol. The molecule has 0 aromatic heterocycles. The summed E-state index contributed by atoms with van der Waals surface area (Å²) in [5.41, 5.74) is 0.700. The summed E-state index contributed by atoms with van der Waals surface area (Å²) in [6.45, 7) is 2.36. The summed E-state index contributed by atoms with van der Waals surface area (Å²) in [5.74, 6) is -0.257. The average molecular weight is 409 g/mol. The Hall–Kier alpha value is -2.61. The van der Waals surface area contributed by atoms with Gasteiger partial charge in [0.15, 0.2) is 0 Å². The number of nitrogens with one attached hydrogen (secondary N) is 2. The lowest BCUT2D eigenvalue weighted by molar-refractivity contribution is -0.137. The number of hydrogen-bond acceptors (Lipinski definition) is 2. The summed E-state index contributed by atoms with van der Waals surface area (Å²) in [6.07, 6.45) is -2.85. The SMILES string of the molecule is O=C(NCc1cccc(C(F)(F)F)c1)NC1CCN(Cc2ccc(F)cc2)CC1. The van der Waals surface area contributed by atoms with Crippen LogP contribution in [0.4, 0.5) is 22.4 Å². The molecule has 2 N–H and O–H groups in total. The van der Waals surface area contributed by atoms with Gasteiger partial charge in [-0.15, -0.1) is 0 Å². The number of carbonyl (C=O) groups is 1. The summed E-state index contributed by atoms with van der Waals surface area (Å²) in [4.78, 5) is 14.3. The molecule has 1 heterocycles. The van der Waals surface area contributed by atoms with E-state index < -0.39 is 11.7 Å². The molecule has 156 valence electrons. The lowest BCUT2D eigenvalue weighted by atomic mass is 10.0. The molecular weight excluding hydrogens is 386 g/mol. The fraction of sp³-hybridized carbons (Fsp3) is 0.381. The molecule has 0 atom stereocenters. The van der Waals surface area contributed by atoms with Crippen molar-refractivity contribution in [2.45, 2.75) is 38.1 Å². The molecule has 0 saturated carbocycles. The van der Waals surface area contributed by atoms with Gasteiger partial charge in [0.25, 0.3) is 0 Å². The maximum Gasteiger partial charge on any atom is 0.416 e. The van der Waals surface area contributed by atoms with Crippen molar-refractivity contribution in [2.24, 2.45) is 0 Å². The van der Waals surface area contributed by atoms with Gasteiger partial charge in [-0.3, -0.25) is 4.90 Å². The second-order valence-corrected chi connectivity index (χ2v) is 7.20. The standard InChI is InChI=1S/C21H23F4N3O/c22-18-6-4-15(5-7-18)14-28-10-8-19(9-11-28)27-20(29)26-13-16-2-1-3-17(12-16)21(23,24)25/h1-7,12,19H,8-11,13-14H2,(H2,26,27,29). The molecule has 4 nitrogen and oxygen atoms in total. The van der Waals surface area contributed by atoms with Crippen LogP contribution in [-0.4, -0.2) is 30.1 Å². The van der Waals surface area contributed by atoms with Crippen molar-refractivity contribution in [2.75, 3.05) is 13.1 Å². The average Bonchev–Trinajstić information content (AvgIpc) is 2.69. The number of hydrogen-bond donors (Lipinski definition) is 2. The highest BCUT2D eigenvalue weighted by Gasteiger charge is 2.30. The van der Waals surface area contributed by atoms with E-state index in [-0.39, 0.29) is 24.4 Å². The minimum absolute atomic E-state index is 0.0148. The number of alkyl halides is 3. The molecule has 2 amide bonds. The van der Waals surface area contributed by atoms with Crippen LogP contribution in [0.25, 0.3) is 0 Å². The van der Waals surface area contributed by atoms with Gasteiger partial charge in [0.05, 0.1) is 5.56 Å².